The first-order chi connectivity index (χ1) is 12.8. The second kappa shape index (κ2) is 8.14. The number of hydrogen-bond acceptors (Lipinski definition) is 4. The molecule has 0 bridgehead atoms. The molecule has 0 aromatic carbocycles. The smallest absolute Gasteiger partial charge is 0.345 e. The standard InChI is InChI=1S/C18H30N6O3/c1-13(2)6-9-24-18(27)23-8-7-14(4-5-15(23)20-24)19-16(25)12-22-11-10-21(3)17(22)26/h13-14H,4-12H2,1-3H3,(H,19,25). The quantitative estimate of drug-likeness (QED) is 0.770. The molecule has 3 rings (SSSR count). The van der Waals surface area contributed by atoms with Gasteiger partial charge in [-0.15, -0.1) is 0 Å². The van der Waals surface area contributed by atoms with Gasteiger partial charge in [-0.1, -0.05) is 13.8 Å². The minimum atomic E-state index is -0.141. The van der Waals surface area contributed by atoms with Crippen LogP contribution in [-0.2, 0) is 24.3 Å². The summed E-state index contributed by atoms with van der Waals surface area (Å²) in [7, 11) is 1.74. The predicted octanol–water partition coefficient (Wildman–Crippen LogP) is 0.279. The minimum absolute atomic E-state index is 0.00171. The van der Waals surface area contributed by atoms with E-state index in [1.807, 2.05) is 0 Å². The lowest BCUT2D eigenvalue weighted by Crippen LogP contribution is -2.43. The lowest BCUT2D eigenvalue weighted by molar-refractivity contribution is -0.122. The van der Waals surface area contributed by atoms with Crippen LogP contribution in [0.2, 0.25) is 0 Å². The third kappa shape index (κ3) is 4.51. The molecule has 27 heavy (non-hydrogen) atoms. The molecule has 0 radical (unpaired) electrons. The number of nitrogens with zero attached hydrogens (tertiary/aromatic N) is 5. The van der Waals surface area contributed by atoms with E-state index in [1.165, 1.54) is 0 Å². The third-order valence-corrected chi connectivity index (χ3v) is 5.34. The molecule has 1 atom stereocenters. The van der Waals surface area contributed by atoms with E-state index in [0.29, 0.717) is 44.9 Å². The molecule has 3 heterocycles. The van der Waals surface area contributed by atoms with Crippen molar-refractivity contribution in [2.75, 3.05) is 26.7 Å². The molecule has 1 saturated heterocycles. The number of aryl methyl sites for hydroxylation is 2. The van der Waals surface area contributed by atoms with E-state index in [0.717, 1.165) is 18.7 Å². The highest BCUT2D eigenvalue weighted by atomic mass is 16.2. The van der Waals surface area contributed by atoms with Crippen molar-refractivity contribution in [2.45, 2.75) is 58.7 Å². The molecular weight excluding hydrogens is 348 g/mol. The van der Waals surface area contributed by atoms with Crippen LogP contribution in [0.4, 0.5) is 4.79 Å². The van der Waals surface area contributed by atoms with Crippen molar-refractivity contribution in [3.63, 3.8) is 0 Å². The Labute approximate surface area is 159 Å². The normalized spacial score (nSPS) is 20.1. The Balaban J connectivity index is 1.53. The monoisotopic (exact) mass is 378 g/mol. The summed E-state index contributed by atoms with van der Waals surface area (Å²) < 4.78 is 3.31. The van der Waals surface area contributed by atoms with Gasteiger partial charge in [0.05, 0.1) is 0 Å². The summed E-state index contributed by atoms with van der Waals surface area (Å²) >= 11 is 0. The SMILES string of the molecule is CC(C)CCn1nc2n(c1=O)CCC(NC(=O)CN1CCN(C)C1=O)CC2. The maximum atomic E-state index is 12.5. The number of amides is 3. The minimum Gasteiger partial charge on any atom is -0.352 e. The highest BCUT2D eigenvalue weighted by Crippen LogP contribution is 2.13. The average molecular weight is 378 g/mol. The Morgan fingerprint density at radius 3 is 2.67 bits per heavy atom. The molecule has 1 fully saturated rings. The molecular formula is C18H30N6O3. The van der Waals surface area contributed by atoms with Gasteiger partial charge in [-0.2, -0.15) is 5.10 Å². The van der Waals surface area contributed by atoms with Crippen molar-refractivity contribution < 1.29 is 9.59 Å². The number of hydrogen-bond donors (Lipinski definition) is 1. The molecule has 3 amide bonds. The van der Waals surface area contributed by atoms with E-state index in [9.17, 15) is 14.4 Å². The average Bonchev–Trinajstić information content (AvgIpc) is 3.00. The summed E-state index contributed by atoms with van der Waals surface area (Å²) in [6, 6.07) is -0.105. The molecule has 1 aromatic rings. The molecule has 1 unspecified atom stereocenters. The number of rotatable bonds is 6. The summed E-state index contributed by atoms with van der Waals surface area (Å²) in [6.07, 6.45) is 3.04. The van der Waals surface area contributed by atoms with Crippen LogP contribution in [-0.4, -0.2) is 68.8 Å². The summed E-state index contributed by atoms with van der Waals surface area (Å²) in [5.41, 5.74) is -0.0525. The summed E-state index contributed by atoms with van der Waals surface area (Å²) in [5.74, 6) is 1.19. The fourth-order valence-electron chi connectivity index (χ4n) is 3.60. The van der Waals surface area contributed by atoms with Crippen molar-refractivity contribution in [2.24, 2.45) is 5.92 Å². The lowest BCUT2D eigenvalue weighted by Gasteiger charge is -2.19. The van der Waals surface area contributed by atoms with Gasteiger partial charge in [0.2, 0.25) is 5.91 Å². The number of fused-ring (bicyclic) bond motifs is 1. The van der Waals surface area contributed by atoms with E-state index >= 15 is 0 Å². The molecule has 0 spiro atoms. The van der Waals surface area contributed by atoms with Gasteiger partial charge in [0, 0.05) is 45.7 Å². The lowest BCUT2D eigenvalue weighted by atomic mass is 10.1. The van der Waals surface area contributed by atoms with Gasteiger partial charge in [-0.3, -0.25) is 9.36 Å². The van der Waals surface area contributed by atoms with Crippen LogP contribution in [0.3, 0.4) is 0 Å². The van der Waals surface area contributed by atoms with E-state index < -0.39 is 0 Å². The molecule has 2 aliphatic rings. The van der Waals surface area contributed by atoms with Crippen molar-refractivity contribution in [1.29, 1.82) is 0 Å². The van der Waals surface area contributed by atoms with Gasteiger partial charge < -0.3 is 15.1 Å². The first kappa shape index (κ1) is 19.4. The van der Waals surface area contributed by atoms with E-state index in [-0.39, 0.29) is 30.2 Å². The number of aromatic nitrogens is 3. The summed E-state index contributed by atoms with van der Waals surface area (Å²) in [4.78, 5) is 39.9. The second-order valence-corrected chi connectivity index (χ2v) is 7.97. The maximum absolute atomic E-state index is 12.5. The first-order valence-corrected chi connectivity index (χ1v) is 9.81. The van der Waals surface area contributed by atoms with Gasteiger partial charge in [-0.05, 0) is 25.2 Å². The molecule has 1 aromatic heterocycles. The molecule has 1 N–H and O–H groups in total. The van der Waals surface area contributed by atoms with Crippen molar-refractivity contribution >= 4 is 11.9 Å². The summed E-state index contributed by atoms with van der Waals surface area (Å²) in [5, 5.41) is 7.51. The van der Waals surface area contributed by atoms with Crippen LogP contribution in [0.5, 0.6) is 0 Å². The highest BCUT2D eigenvalue weighted by Gasteiger charge is 2.28. The third-order valence-electron chi connectivity index (χ3n) is 5.34. The fourth-order valence-corrected chi connectivity index (χ4v) is 3.60. The highest BCUT2D eigenvalue weighted by molar-refractivity contribution is 5.85. The van der Waals surface area contributed by atoms with Crippen LogP contribution in [0.25, 0.3) is 0 Å². The van der Waals surface area contributed by atoms with Gasteiger partial charge in [0.15, 0.2) is 0 Å². The zero-order valence-corrected chi connectivity index (χ0v) is 16.5. The Kier molecular flexibility index (Phi) is 5.86. The van der Waals surface area contributed by atoms with Gasteiger partial charge in [0.1, 0.15) is 12.4 Å². The topological polar surface area (TPSA) is 92.5 Å². The molecule has 150 valence electrons. The van der Waals surface area contributed by atoms with Crippen LogP contribution >= 0.6 is 0 Å². The van der Waals surface area contributed by atoms with E-state index in [1.54, 1.807) is 26.1 Å². The zero-order valence-electron chi connectivity index (χ0n) is 16.5. The Morgan fingerprint density at radius 2 is 2.00 bits per heavy atom. The van der Waals surface area contributed by atoms with Crippen LogP contribution in [0, 0.1) is 5.92 Å². The van der Waals surface area contributed by atoms with Crippen molar-refractivity contribution in [3.05, 3.63) is 16.3 Å². The summed E-state index contributed by atoms with van der Waals surface area (Å²) in [6.45, 7) is 6.80. The second-order valence-electron chi connectivity index (χ2n) is 7.97. The van der Waals surface area contributed by atoms with Gasteiger partial charge in [0.25, 0.3) is 0 Å². The van der Waals surface area contributed by atoms with Gasteiger partial charge in [-0.25, -0.2) is 14.3 Å². The predicted molar refractivity (Wildman–Crippen MR) is 100 cm³/mol. The molecule has 0 aliphatic carbocycles. The first-order valence-electron chi connectivity index (χ1n) is 9.81. The number of likely N-dealkylation sites (N-methyl/N-ethyl adjacent to an activating group) is 1. The molecule has 0 saturated carbocycles. The Hall–Kier alpha value is -2.32. The Bertz CT molecular complexity index is 753. The van der Waals surface area contributed by atoms with Crippen LogP contribution in [0.1, 0.15) is 38.9 Å². The largest absolute Gasteiger partial charge is 0.352 e. The Morgan fingerprint density at radius 1 is 1.22 bits per heavy atom. The fraction of sp³-hybridized carbons (Fsp3) is 0.778. The molecule has 9 nitrogen and oxygen atoms in total. The number of carbonyl (C=O) groups excluding carboxylic acids is 2. The number of urea groups is 1. The molecule has 9 heteroatoms. The van der Waals surface area contributed by atoms with Crippen LogP contribution in [0.15, 0.2) is 4.79 Å². The molecule has 2 aliphatic heterocycles. The van der Waals surface area contributed by atoms with Crippen molar-refractivity contribution in [3.8, 4) is 0 Å². The van der Waals surface area contributed by atoms with E-state index in [2.05, 4.69) is 24.3 Å². The zero-order chi connectivity index (χ0) is 19.6. The van der Waals surface area contributed by atoms with Crippen LogP contribution < -0.4 is 11.0 Å². The van der Waals surface area contributed by atoms with Crippen molar-refractivity contribution in [1.82, 2.24) is 29.5 Å². The maximum Gasteiger partial charge on any atom is 0.345 e. The number of carbonyl (C=O) groups is 2. The number of nitrogens with one attached hydrogen (secondary N) is 1. The van der Waals surface area contributed by atoms with E-state index in [4.69, 9.17) is 0 Å². The van der Waals surface area contributed by atoms with Gasteiger partial charge >= 0.3 is 11.7 Å².